The second kappa shape index (κ2) is 8.68. The number of nitrogens with zero attached hydrogens (tertiary/aromatic N) is 3. The molecule has 1 aliphatic heterocycles. The third-order valence-corrected chi connectivity index (χ3v) is 5.30. The van der Waals surface area contributed by atoms with E-state index >= 15 is 0 Å². The smallest absolute Gasteiger partial charge is 0.363 e. The van der Waals surface area contributed by atoms with Crippen molar-refractivity contribution in [1.29, 1.82) is 0 Å². The van der Waals surface area contributed by atoms with Crippen LogP contribution >= 0.6 is 22.9 Å². The Morgan fingerprint density at radius 2 is 2.14 bits per heavy atom. The highest BCUT2D eigenvalue weighted by Gasteiger charge is 2.57. The summed E-state index contributed by atoms with van der Waals surface area (Å²) in [6.07, 6.45) is 0. The summed E-state index contributed by atoms with van der Waals surface area (Å²) in [6, 6.07) is -3.50. The number of hydrogen-bond acceptors (Lipinski definition) is 10. The van der Waals surface area contributed by atoms with Crippen molar-refractivity contribution in [3.63, 3.8) is 0 Å². The Labute approximate surface area is 171 Å². The maximum Gasteiger partial charge on any atom is 0.363 e. The van der Waals surface area contributed by atoms with Crippen molar-refractivity contribution in [2.75, 3.05) is 18.3 Å². The molecule has 0 aromatic carbocycles. The van der Waals surface area contributed by atoms with Gasteiger partial charge in [-0.3, -0.25) is 23.7 Å². The lowest BCUT2D eigenvalue weighted by atomic mass is 9.98. The predicted octanol–water partition coefficient (Wildman–Crippen LogP) is -2.35. The molecule has 2 rings (SSSR count). The van der Waals surface area contributed by atoms with E-state index in [0.29, 0.717) is 0 Å². The number of anilines is 1. The van der Waals surface area contributed by atoms with E-state index in [0.717, 1.165) is 18.4 Å². The normalized spacial score (nSPS) is 19.3. The monoisotopic (exact) mass is 468 g/mol. The topological polar surface area (TPSA) is 210 Å². The van der Waals surface area contributed by atoms with Crippen LogP contribution in [0.2, 0.25) is 0 Å². The van der Waals surface area contributed by atoms with Crippen LogP contribution < -0.4 is 16.4 Å². The van der Waals surface area contributed by atoms with Gasteiger partial charge in [-0.1, -0.05) is 5.16 Å². The fraction of sp³-hybridized carbons (Fsp3) is 0.333. The van der Waals surface area contributed by atoms with Crippen molar-refractivity contribution in [2.24, 2.45) is 10.9 Å². The first-order valence-electron chi connectivity index (χ1n) is 7.35. The number of β-lactam (4-membered cyclic amide) rings is 1. The SMILES string of the molecule is CO/N=C(\C(=O)N[C@H]1C(=O)N(S(=O)(=O)O)[C@H]1C(N)=O)c1csc(NC(=O)CCl)n1. The van der Waals surface area contributed by atoms with E-state index in [4.69, 9.17) is 21.9 Å². The summed E-state index contributed by atoms with van der Waals surface area (Å²) in [4.78, 5) is 55.7. The van der Waals surface area contributed by atoms with Crippen molar-refractivity contribution < 1.29 is 37.0 Å². The van der Waals surface area contributed by atoms with Gasteiger partial charge in [-0.15, -0.1) is 22.9 Å². The van der Waals surface area contributed by atoms with Crippen LogP contribution in [-0.2, 0) is 34.3 Å². The molecule has 0 spiro atoms. The maximum absolute atomic E-state index is 12.5. The summed E-state index contributed by atoms with van der Waals surface area (Å²) in [6.45, 7) is 0. The van der Waals surface area contributed by atoms with Crippen LogP contribution in [0.25, 0.3) is 0 Å². The number of nitrogens with two attached hydrogens (primary N) is 1. The molecular weight excluding hydrogens is 456 g/mol. The van der Waals surface area contributed by atoms with Crippen molar-refractivity contribution in [3.05, 3.63) is 11.1 Å². The molecule has 0 unspecified atom stereocenters. The minimum atomic E-state index is -5.06. The van der Waals surface area contributed by atoms with Gasteiger partial charge in [-0.25, -0.2) is 4.98 Å². The molecule has 1 aromatic rings. The molecule has 1 aromatic heterocycles. The third kappa shape index (κ3) is 4.78. The largest absolute Gasteiger partial charge is 0.398 e. The second-order valence-corrected chi connectivity index (χ2v) is 7.67. The summed E-state index contributed by atoms with van der Waals surface area (Å²) >= 11 is 6.30. The Bertz CT molecular complexity index is 992. The van der Waals surface area contributed by atoms with Gasteiger partial charge >= 0.3 is 10.3 Å². The number of alkyl halides is 1. The molecule has 0 aliphatic carbocycles. The van der Waals surface area contributed by atoms with Gasteiger partial charge in [0.25, 0.3) is 11.8 Å². The van der Waals surface area contributed by atoms with Crippen LogP contribution in [-0.4, -0.2) is 76.7 Å². The second-order valence-electron chi connectivity index (χ2n) is 5.25. The van der Waals surface area contributed by atoms with Gasteiger partial charge in [0, 0.05) is 5.38 Å². The van der Waals surface area contributed by atoms with Crippen molar-refractivity contribution >= 4 is 67.7 Å². The Balaban J connectivity index is 2.23. The molecule has 1 fully saturated rings. The van der Waals surface area contributed by atoms with Gasteiger partial charge in [-0.05, 0) is 0 Å². The molecule has 1 saturated heterocycles. The molecule has 2 atom stereocenters. The van der Waals surface area contributed by atoms with Crippen molar-refractivity contribution in [2.45, 2.75) is 12.1 Å². The molecule has 0 radical (unpaired) electrons. The molecule has 14 nitrogen and oxygen atoms in total. The Morgan fingerprint density at radius 3 is 2.66 bits per heavy atom. The quantitative estimate of drug-likeness (QED) is 0.106. The average Bonchev–Trinajstić information content (AvgIpc) is 3.07. The van der Waals surface area contributed by atoms with E-state index in [1.54, 1.807) is 0 Å². The van der Waals surface area contributed by atoms with Crippen molar-refractivity contribution in [3.8, 4) is 0 Å². The molecular formula is C12H13ClN6O8S2. The molecule has 5 N–H and O–H groups in total. The third-order valence-electron chi connectivity index (χ3n) is 3.39. The van der Waals surface area contributed by atoms with E-state index in [2.05, 4.69) is 25.6 Å². The molecule has 2 heterocycles. The number of aromatic nitrogens is 1. The standard InChI is InChI=1S/C12H13ClN6O8S2/c1-27-18-6(4-3-28-12(15-4)16-5(20)2-13)10(22)17-7-8(9(14)21)19(11(7)23)29(24,25)26/h3,7-8H,2H2,1H3,(H2,14,21)(H,17,22)(H,15,16,20)(H,24,25,26)/b18-6-/t7-,8-/m1/s1. The lowest BCUT2D eigenvalue weighted by molar-refractivity contribution is -0.150. The highest BCUT2D eigenvalue weighted by atomic mass is 35.5. The number of hydrogen-bond donors (Lipinski definition) is 4. The number of nitrogens with one attached hydrogen (secondary N) is 2. The lowest BCUT2D eigenvalue weighted by Crippen LogP contribution is -2.75. The number of rotatable bonds is 8. The van der Waals surface area contributed by atoms with E-state index in [-0.39, 0.29) is 21.0 Å². The zero-order valence-electron chi connectivity index (χ0n) is 14.4. The van der Waals surface area contributed by atoms with Crippen LogP contribution in [0, 0.1) is 0 Å². The molecule has 0 bridgehead atoms. The highest BCUT2D eigenvalue weighted by Crippen LogP contribution is 2.24. The van der Waals surface area contributed by atoms with Gasteiger partial charge in [0.05, 0.1) is 0 Å². The molecule has 158 valence electrons. The Hall–Kier alpha value is -2.82. The van der Waals surface area contributed by atoms with Crippen LogP contribution in [0.1, 0.15) is 5.69 Å². The van der Waals surface area contributed by atoms with Crippen LogP contribution in [0.3, 0.4) is 0 Å². The fourth-order valence-electron chi connectivity index (χ4n) is 2.24. The fourth-order valence-corrected chi connectivity index (χ4v) is 3.87. The molecule has 4 amide bonds. The van der Waals surface area contributed by atoms with Crippen LogP contribution in [0.5, 0.6) is 0 Å². The van der Waals surface area contributed by atoms with Crippen LogP contribution in [0.15, 0.2) is 10.5 Å². The lowest BCUT2D eigenvalue weighted by Gasteiger charge is -2.41. The van der Waals surface area contributed by atoms with Gasteiger partial charge in [-0.2, -0.15) is 12.7 Å². The minimum Gasteiger partial charge on any atom is -0.398 e. The molecule has 0 saturated carbocycles. The zero-order valence-corrected chi connectivity index (χ0v) is 16.7. The first-order valence-corrected chi connectivity index (χ1v) is 10.2. The Kier molecular flexibility index (Phi) is 6.73. The number of amides is 4. The zero-order chi connectivity index (χ0) is 21.9. The van der Waals surface area contributed by atoms with Crippen molar-refractivity contribution in [1.82, 2.24) is 14.6 Å². The number of thiazole rings is 1. The minimum absolute atomic E-state index is 0.0618. The number of carbonyl (C=O) groups is 4. The van der Waals surface area contributed by atoms with Crippen LogP contribution in [0.4, 0.5) is 5.13 Å². The van der Waals surface area contributed by atoms with Gasteiger partial charge in [0.2, 0.25) is 11.8 Å². The number of oxime groups is 1. The van der Waals surface area contributed by atoms with E-state index < -0.39 is 51.7 Å². The average molecular weight is 469 g/mol. The van der Waals surface area contributed by atoms with E-state index in [9.17, 15) is 27.6 Å². The van der Waals surface area contributed by atoms with Gasteiger partial charge in [0.15, 0.2) is 16.9 Å². The van der Waals surface area contributed by atoms with Gasteiger partial charge < -0.3 is 21.2 Å². The summed E-state index contributed by atoms with van der Waals surface area (Å²) in [5, 5.41) is 9.35. The summed E-state index contributed by atoms with van der Waals surface area (Å²) in [7, 11) is -3.93. The summed E-state index contributed by atoms with van der Waals surface area (Å²) in [5.41, 5.74) is 4.54. The first kappa shape index (κ1) is 22.5. The van der Waals surface area contributed by atoms with Gasteiger partial charge in [0.1, 0.15) is 24.7 Å². The Morgan fingerprint density at radius 1 is 1.48 bits per heavy atom. The van der Waals surface area contributed by atoms with E-state index in [1.807, 2.05) is 0 Å². The number of primary amides is 1. The predicted molar refractivity (Wildman–Crippen MR) is 98.3 cm³/mol. The molecule has 29 heavy (non-hydrogen) atoms. The first-order chi connectivity index (χ1) is 13.5. The molecule has 17 heteroatoms. The highest BCUT2D eigenvalue weighted by molar-refractivity contribution is 7.84. The maximum atomic E-state index is 12.5. The summed E-state index contributed by atoms with van der Waals surface area (Å²) < 4.78 is 31.2. The molecule has 1 aliphatic rings. The van der Waals surface area contributed by atoms with E-state index in [1.165, 1.54) is 5.38 Å². The number of halogens is 1. The summed E-state index contributed by atoms with van der Waals surface area (Å²) in [5.74, 6) is -4.49. The number of carbonyl (C=O) groups excluding carboxylic acids is 4.